The second-order valence-corrected chi connectivity index (χ2v) is 8.83. The number of nitrogens with zero attached hydrogens (tertiary/aromatic N) is 1. The summed E-state index contributed by atoms with van der Waals surface area (Å²) in [7, 11) is 0.639. The van der Waals surface area contributed by atoms with E-state index in [2.05, 4.69) is 5.32 Å². The molecule has 29 heavy (non-hydrogen) atoms. The summed E-state index contributed by atoms with van der Waals surface area (Å²) in [6.07, 6.45) is 1.65. The van der Waals surface area contributed by atoms with Crippen LogP contribution in [0.5, 0.6) is 0 Å². The van der Waals surface area contributed by atoms with Gasteiger partial charge in [0.2, 0.25) is 5.91 Å². The lowest BCUT2D eigenvalue weighted by Crippen LogP contribution is -2.34. The van der Waals surface area contributed by atoms with Crippen LogP contribution in [0.15, 0.2) is 54.6 Å². The zero-order chi connectivity index (χ0) is 20.6. The van der Waals surface area contributed by atoms with Crippen molar-refractivity contribution in [3.63, 3.8) is 0 Å². The summed E-state index contributed by atoms with van der Waals surface area (Å²) in [5.74, 6) is -0.0262. The van der Waals surface area contributed by atoms with Gasteiger partial charge in [-0.15, -0.1) is 0 Å². The van der Waals surface area contributed by atoms with Crippen molar-refractivity contribution in [2.45, 2.75) is 23.8 Å². The van der Waals surface area contributed by atoms with Crippen LogP contribution in [0.3, 0.4) is 0 Å². The molecule has 154 valence electrons. The third-order valence-corrected chi connectivity index (χ3v) is 6.64. The van der Waals surface area contributed by atoms with Gasteiger partial charge in [-0.05, 0) is 42.7 Å². The van der Waals surface area contributed by atoms with E-state index >= 15 is 0 Å². The summed E-state index contributed by atoms with van der Waals surface area (Å²) < 4.78 is 17.9. The van der Waals surface area contributed by atoms with E-state index in [9.17, 15) is 13.8 Å². The zero-order valence-electron chi connectivity index (χ0n) is 16.5. The Kier molecular flexibility index (Phi) is 7.55. The fraction of sp³-hybridized carbons (Fsp3) is 0.364. The Morgan fingerprint density at radius 1 is 1.10 bits per heavy atom. The molecule has 2 amide bonds. The van der Waals surface area contributed by atoms with Crippen LogP contribution in [0.25, 0.3) is 0 Å². The molecule has 1 unspecified atom stereocenters. The van der Waals surface area contributed by atoms with Crippen molar-refractivity contribution in [3.05, 3.63) is 65.7 Å². The van der Waals surface area contributed by atoms with Crippen LogP contribution in [0.1, 0.15) is 28.8 Å². The summed E-state index contributed by atoms with van der Waals surface area (Å²) >= 11 is 0. The lowest BCUT2D eigenvalue weighted by atomic mass is 10.2. The number of carbonyl (C=O) groups is 2. The first-order valence-electron chi connectivity index (χ1n) is 9.67. The van der Waals surface area contributed by atoms with Crippen LogP contribution in [0, 0.1) is 0 Å². The normalized spacial score (nSPS) is 15.5. The molecule has 0 aromatic heterocycles. The molecule has 1 saturated heterocycles. The van der Waals surface area contributed by atoms with E-state index in [4.69, 9.17) is 4.74 Å². The van der Waals surface area contributed by atoms with Crippen molar-refractivity contribution in [1.82, 2.24) is 4.90 Å². The minimum Gasteiger partial charge on any atom is -0.381 e. The molecule has 7 heteroatoms. The van der Waals surface area contributed by atoms with Crippen molar-refractivity contribution in [3.8, 4) is 0 Å². The molecule has 6 nitrogen and oxygen atoms in total. The van der Waals surface area contributed by atoms with E-state index in [0.717, 1.165) is 18.4 Å². The monoisotopic (exact) mass is 414 g/mol. The Morgan fingerprint density at radius 2 is 1.83 bits per heavy atom. The number of hydrogen-bond donors (Lipinski definition) is 1. The SMILES string of the molecule is CN(CC(=O)Nc1cccc(CS(=O)C2CCOCC2)c1)C(=O)c1ccccc1. The van der Waals surface area contributed by atoms with Gasteiger partial charge in [-0.3, -0.25) is 13.8 Å². The molecule has 1 atom stereocenters. The lowest BCUT2D eigenvalue weighted by Gasteiger charge is -2.21. The maximum Gasteiger partial charge on any atom is 0.254 e. The molecule has 1 aliphatic rings. The number of rotatable bonds is 7. The molecular weight excluding hydrogens is 388 g/mol. The molecule has 1 N–H and O–H groups in total. The first-order chi connectivity index (χ1) is 14.0. The number of nitrogens with one attached hydrogen (secondary N) is 1. The van der Waals surface area contributed by atoms with Crippen molar-refractivity contribution < 1.29 is 18.5 Å². The molecule has 2 aromatic rings. The van der Waals surface area contributed by atoms with Crippen LogP contribution in [0.2, 0.25) is 0 Å². The largest absolute Gasteiger partial charge is 0.381 e. The highest BCUT2D eigenvalue weighted by Crippen LogP contribution is 2.19. The van der Waals surface area contributed by atoms with Crippen molar-refractivity contribution in [2.24, 2.45) is 0 Å². The summed E-state index contributed by atoms with van der Waals surface area (Å²) in [5.41, 5.74) is 2.10. The molecule has 0 bridgehead atoms. The quantitative estimate of drug-likeness (QED) is 0.756. The number of benzene rings is 2. The highest BCUT2D eigenvalue weighted by Gasteiger charge is 2.20. The predicted octanol–water partition coefficient (Wildman–Crippen LogP) is 2.83. The predicted molar refractivity (Wildman–Crippen MR) is 114 cm³/mol. The Morgan fingerprint density at radius 3 is 2.55 bits per heavy atom. The van der Waals surface area contributed by atoms with Gasteiger partial charge in [0.1, 0.15) is 0 Å². The van der Waals surface area contributed by atoms with E-state index in [1.54, 1.807) is 37.4 Å². The van der Waals surface area contributed by atoms with Gasteiger partial charge in [0.05, 0.1) is 6.54 Å². The number of hydrogen-bond acceptors (Lipinski definition) is 4. The molecule has 2 aromatic carbocycles. The number of anilines is 1. The molecule has 1 aliphatic heterocycles. The van der Waals surface area contributed by atoms with Crippen LogP contribution in [-0.2, 0) is 26.1 Å². The van der Waals surface area contributed by atoms with Gasteiger partial charge < -0.3 is 15.0 Å². The van der Waals surface area contributed by atoms with Gasteiger partial charge in [-0.2, -0.15) is 0 Å². The molecular formula is C22H26N2O4S. The number of likely N-dealkylation sites (N-methyl/N-ethyl adjacent to an activating group) is 1. The van der Waals surface area contributed by atoms with E-state index in [1.807, 2.05) is 24.3 Å². The Hall–Kier alpha value is -2.51. The molecule has 0 spiro atoms. The molecule has 0 radical (unpaired) electrons. The maximum atomic E-state index is 12.6. The summed E-state index contributed by atoms with van der Waals surface area (Å²) in [4.78, 5) is 26.1. The fourth-order valence-corrected chi connectivity index (χ4v) is 4.71. The van der Waals surface area contributed by atoms with Gasteiger partial charge in [0.25, 0.3) is 5.91 Å². The van der Waals surface area contributed by atoms with Gasteiger partial charge in [-0.25, -0.2) is 0 Å². The summed E-state index contributed by atoms with van der Waals surface area (Å²) in [6.45, 7) is 1.29. The number of carbonyl (C=O) groups excluding carboxylic acids is 2. The van der Waals surface area contributed by atoms with Crippen molar-refractivity contribution in [1.29, 1.82) is 0 Å². The second-order valence-electron chi connectivity index (χ2n) is 7.11. The van der Waals surface area contributed by atoms with Crippen molar-refractivity contribution >= 4 is 28.3 Å². The Labute approximate surface area is 173 Å². The molecule has 3 rings (SSSR count). The number of ether oxygens (including phenoxy) is 1. The Bertz CT molecular complexity index is 866. The van der Waals surface area contributed by atoms with Gasteiger partial charge in [0.15, 0.2) is 0 Å². The Balaban J connectivity index is 1.54. The standard InChI is InChI=1S/C22H26N2O4S/c1-24(22(26)18-7-3-2-4-8-18)15-21(25)23-19-9-5-6-17(14-19)16-29(27)20-10-12-28-13-11-20/h2-9,14,20H,10-13,15-16H2,1H3,(H,23,25). The van der Waals surface area contributed by atoms with Crippen LogP contribution < -0.4 is 5.32 Å². The van der Waals surface area contributed by atoms with E-state index in [1.165, 1.54) is 4.90 Å². The van der Waals surface area contributed by atoms with E-state index < -0.39 is 10.8 Å². The summed E-state index contributed by atoms with van der Waals surface area (Å²) in [5, 5.41) is 2.99. The van der Waals surface area contributed by atoms with Crippen LogP contribution >= 0.6 is 0 Å². The van der Waals surface area contributed by atoms with Gasteiger partial charge in [0, 0.05) is 53.3 Å². The first-order valence-corrected chi connectivity index (χ1v) is 11.1. The minimum atomic E-state index is -0.961. The minimum absolute atomic E-state index is 0.0496. The van der Waals surface area contributed by atoms with Crippen LogP contribution in [0.4, 0.5) is 5.69 Å². The van der Waals surface area contributed by atoms with Gasteiger partial charge in [-0.1, -0.05) is 30.3 Å². The average molecular weight is 415 g/mol. The molecule has 0 saturated carbocycles. The third-order valence-electron chi connectivity index (χ3n) is 4.81. The first kappa shape index (κ1) is 21.2. The average Bonchev–Trinajstić information content (AvgIpc) is 2.74. The van der Waals surface area contributed by atoms with Gasteiger partial charge >= 0.3 is 0 Å². The zero-order valence-corrected chi connectivity index (χ0v) is 17.3. The molecule has 1 fully saturated rings. The van der Waals surface area contributed by atoms with E-state index in [-0.39, 0.29) is 23.6 Å². The van der Waals surface area contributed by atoms with Crippen molar-refractivity contribution in [2.75, 3.05) is 32.1 Å². The van der Waals surface area contributed by atoms with E-state index in [0.29, 0.717) is 30.2 Å². The third kappa shape index (κ3) is 6.24. The number of amides is 2. The van der Waals surface area contributed by atoms with Crippen LogP contribution in [-0.4, -0.2) is 53.0 Å². The second kappa shape index (κ2) is 10.3. The lowest BCUT2D eigenvalue weighted by molar-refractivity contribution is -0.116. The fourth-order valence-electron chi connectivity index (χ4n) is 3.25. The highest BCUT2D eigenvalue weighted by atomic mass is 32.2. The maximum absolute atomic E-state index is 12.6. The summed E-state index contributed by atoms with van der Waals surface area (Å²) in [6, 6.07) is 16.2. The highest BCUT2D eigenvalue weighted by molar-refractivity contribution is 7.84. The topological polar surface area (TPSA) is 75.7 Å². The molecule has 0 aliphatic carbocycles. The molecule has 1 heterocycles. The smallest absolute Gasteiger partial charge is 0.254 e.